The number of benzene rings is 1. The van der Waals surface area contributed by atoms with Crippen LogP contribution in [-0.2, 0) is 11.2 Å². The molecule has 32 heavy (non-hydrogen) atoms. The van der Waals surface area contributed by atoms with Crippen molar-refractivity contribution in [3.05, 3.63) is 58.3 Å². The van der Waals surface area contributed by atoms with Crippen molar-refractivity contribution in [1.29, 1.82) is 0 Å². The number of unbranched alkanes of at least 4 members (excludes halogenated alkanes) is 1. The Morgan fingerprint density at radius 2 is 1.97 bits per heavy atom. The van der Waals surface area contributed by atoms with Gasteiger partial charge in [0, 0.05) is 6.42 Å². The number of ether oxygens (including phenoxy) is 2. The van der Waals surface area contributed by atoms with Gasteiger partial charge in [0.2, 0.25) is 5.91 Å². The van der Waals surface area contributed by atoms with Crippen LogP contribution in [0.4, 0.5) is 0 Å². The summed E-state index contributed by atoms with van der Waals surface area (Å²) in [5.74, 6) is 0.668. The van der Waals surface area contributed by atoms with Crippen LogP contribution in [0.15, 0.2) is 35.6 Å². The number of amides is 1. The van der Waals surface area contributed by atoms with Crippen LogP contribution in [0, 0.1) is 5.92 Å². The van der Waals surface area contributed by atoms with Crippen molar-refractivity contribution in [1.82, 2.24) is 20.5 Å². The van der Waals surface area contributed by atoms with Crippen LogP contribution in [0.1, 0.15) is 56.2 Å². The lowest BCUT2D eigenvalue weighted by Gasteiger charge is -2.21. The molecule has 1 aromatic heterocycles. The highest BCUT2D eigenvalue weighted by molar-refractivity contribution is 5.79. The van der Waals surface area contributed by atoms with Crippen LogP contribution in [0.25, 0.3) is 0 Å². The number of methoxy groups -OCH3 is 2. The Balaban J connectivity index is 2.09. The number of hydrogen-bond acceptors (Lipinski definition) is 7. The molecule has 0 radical (unpaired) electrons. The van der Waals surface area contributed by atoms with Crippen molar-refractivity contribution in [2.24, 2.45) is 5.92 Å². The highest BCUT2D eigenvalue weighted by atomic mass is 16.5. The third kappa shape index (κ3) is 6.65. The van der Waals surface area contributed by atoms with Gasteiger partial charge in [-0.1, -0.05) is 12.1 Å². The van der Waals surface area contributed by atoms with Crippen LogP contribution in [-0.4, -0.2) is 46.5 Å². The number of nitrogens with zero attached hydrogens (tertiary/aromatic N) is 2. The first kappa shape index (κ1) is 25.1. The number of H-pyrrole nitrogens is 1. The van der Waals surface area contributed by atoms with E-state index in [2.05, 4.69) is 27.1 Å². The van der Waals surface area contributed by atoms with E-state index in [0.717, 1.165) is 18.4 Å². The van der Waals surface area contributed by atoms with Crippen LogP contribution in [0.2, 0.25) is 0 Å². The second kappa shape index (κ2) is 12.0. The average Bonchev–Trinajstić information content (AvgIpc) is 2.76. The van der Waals surface area contributed by atoms with Gasteiger partial charge in [-0.3, -0.25) is 9.59 Å². The van der Waals surface area contributed by atoms with Crippen molar-refractivity contribution in [3.8, 4) is 11.5 Å². The first-order valence-electron chi connectivity index (χ1n) is 10.6. The van der Waals surface area contributed by atoms with Crippen molar-refractivity contribution in [2.75, 3.05) is 14.2 Å². The standard InChI is InChI=1S/C23H32N4O5/c1-6-7-8-9-17(15(3)28)22(29)24-14(2)21-23(30)25-20(26-27-21)13-16-10-11-18(31-4)19(12-16)32-5/h6,10-12,14-15,17,28H,1,7-9,13H2,2-5H3,(H,24,29)(H,25,26,30). The molecule has 0 saturated heterocycles. The number of hydrogen-bond donors (Lipinski definition) is 3. The molecule has 0 spiro atoms. The Hall–Kier alpha value is -3.20. The zero-order valence-electron chi connectivity index (χ0n) is 19.1. The first-order chi connectivity index (χ1) is 15.3. The lowest BCUT2D eigenvalue weighted by molar-refractivity contribution is -0.129. The fourth-order valence-corrected chi connectivity index (χ4v) is 3.39. The molecule has 2 aromatic rings. The van der Waals surface area contributed by atoms with Crippen molar-refractivity contribution >= 4 is 5.91 Å². The number of rotatable bonds is 12. The van der Waals surface area contributed by atoms with Crippen molar-refractivity contribution in [3.63, 3.8) is 0 Å². The maximum Gasteiger partial charge on any atom is 0.275 e. The number of carbonyl (C=O) groups is 1. The second-order valence-corrected chi connectivity index (χ2v) is 7.65. The summed E-state index contributed by atoms with van der Waals surface area (Å²) < 4.78 is 10.5. The molecule has 1 heterocycles. The number of carbonyl (C=O) groups excluding carboxylic acids is 1. The van der Waals surface area contributed by atoms with E-state index in [0.29, 0.717) is 30.2 Å². The van der Waals surface area contributed by atoms with Gasteiger partial charge in [0.1, 0.15) is 11.5 Å². The highest BCUT2D eigenvalue weighted by Gasteiger charge is 2.26. The van der Waals surface area contributed by atoms with E-state index in [1.54, 1.807) is 46.3 Å². The van der Waals surface area contributed by atoms with E-state index in [1.165, 1.54) is 0 Å². The van der Waals surface area contributed by atoms with Gasteiger partial charge in [-0.05, 0) is 50.8 Å². The average molecular weight is 445 g/mol. The zero-order chi connectivity index (χ0) is 23.7. The maximum absolute atomic E-state index is 12.6. The molecule has 3 unspecified atom stereocenters. The number of nitrogens with one attached hydrogen (secondary N) is 2. The van der Waals surface area contributed by atoms with E-state index in [1.807, 2.05) is 6.07 Å². The number of allylic oxidation sites excluding steroid dienone is 1. The van der Waals surface area contributed by atoms with Crippen LogP contribution >= 0.6 is 0 Å². The summed E-state index contributed by atoms with van der Waals surface area (Å²) in [6.07, 6.45) is 3.34. The molecule has 3 atom stereocenters. The Morgan fingerprint density at radius 3 is 2.56 bits per heavy atom. The molecule has 0 aliphatic carbocycles. The summed E-state index contributed by atoms with van der Waals surface area (Å²) in [5.41, 5.74) is 0.536. The Bertz CT molecular complexity index is 973. The van der Waals surface area contributed by atoms with E-state index >= 15 is 0 Å². The summed E-state index contributed by atoms with van der Waals surface area (Å²) in [6, 6.07) is 4.77. The quantitative estimate of drug-likeness (QED) is 0.339. The predicted molar refractivity (Wildman–Crippen MR) is 121 cm³/mol. The molecule has 3 N–H and O–H groups in total. The molecule has 1 aromatic carbocycles. The third-order valence-corrected chi connectivity index (χ3v) is 5.20. The number of aromatic amines is 1. The van der Waals surface area contributed by atoms with Gasteiger partial charge in [0.05, 0.1) is 32.3 Å². The second-order valence-electron chi connectivity index (χ2n) is 7.65. The summed E-state index contributed by atoms with van der Waals surface area (Å²) in [7, 11) is 3.11. The van der Waals surface area contributed by atoms with E-state index in [4.69, 9.17) is 9.47 Å². The number of aliphatic hydroxyl groups is 1. The lowest BCUT2D eigenvalue weighted by Crippen LogP contribution is -2.39. The van der Waals surface area contributed by atoms with Crippen LogP contribution in [0.5, 0.6) is 11.5 Å². The highest BCUT2D eigenvalue weighted by Crippen LogP contribution is 2.28. The van der Waals surface area contributed by atoms with Gasteiger partial charge in [0.15, 0.2) is 11.5 Å². The van der Waals surface area contributed by atoms with Crippen molar-refractivity contribution in [2.45, 2.75) is 51.7 Å². The molecule has 1 amide bonds. The smallest absolute Gasteiger partial charge is 0.275 e. The minimum absolute atomic E-state index is 0.102. The largest absolute Gasteiger partial charge is 0.493 e. The van der Waals surface area contributed by atoms with E-state index in [9.17, 15) is 14.7 Å². The molecular formula is C23H32N4O5. The van der Waals surface area contributed by atoms with Gasteiger partial charge < -0.3 is 24.9 Å². The maximum atomic E-state index is 12.6. The molecule has 0 bridgehead atoms. The van der Waals surface area contributed by atoms with Gasteiger partial charge in [-0.25, -0.2) is 0 Å². The normalized spacial score (nSPS) is 13.7. The summed E-state index contributed by atoms with van der Waals surface area (Å²) in [5, 5.41) is 20.9. The van der Waals surface area contributed by atoms with Crippen molar-refractivity contribution < 1.29 is 19.4 Å². The molecule has 9 heteroatoms. The summed E-state index contributed by atoms with van der Waals surface area (Å²) >= 11 is 0. The molecule has 0 fully saturated rings. The van der Waals surface area contributed by atoms with Gasteiger partial charge in [-0.2, -0.15) is 0 Å². The molecule has 2 rings (SSSR count). The minimum atomic E-state index is -0.805. The van der Waals surface area contributed by atoms with Gasteiger partial charge in [-0.15, -0.1) is 16.8 Å². The summed E-state index contributed by atoms with van der Waals surface area (Å²) in [6.45, 7) is 6.91. The summed E-state index contributed by atoms with van der Waals surface area (Å²) in [4.78, 5) is 27.9. The number of aliphatic hydroxyl groups excluding tert-OH is 1. The van der Waals surface area contributed by atoms with E-state index in [-0.39, 0.29) is 11.6 Å². The monoisotopic (exact) mass is 444 g/mol. The molecule has 9 nitrogen and oxygen atoms in total. The van der Waals surface area contributed by atoms with Gasteiger partial charge >= 0.3 is 0 Å². The topological polar surface area (TPSA) is 126 Å². The molecule has 0 aliphatic heterocycles. The fraction of sp³-hybridized carbons (Fsp3) is 0.478. The minimum Gasteiger partial charge on any atom is -0.493 e. The zero-order valence-corrected chi connectivity index (χ0v) is 19.1. The molecular weight excluding hydrogens is 412 g/mol. The number of aromatic nitrogens is 3. The van der Waals surface area contributed by atoms with E-state index < -0.39 is 23.6 Å². The fourth-order valence-electron chi connectivity index (χ4n) is 3.39. The van der Waals surface area contributed by atoms with Crippen LogP contribution in [0.3, 0.4) is 0 Å². The Labute approximate surface area is 187 Å². The lowest BCUT2D eigenvalue weighted by atomic mass is 9.95. The first-order valence-corrected chi connectivity index (χ1v) is 10.6. The van der Waals surface area contributed by atoms with Crippen LogP contribution < -0.4 is 20.3 Å². The van der Waals surface area contributed by atoms with Gasteiger partial charge in [0.25, 0.3) is 5.56 Å². The third-order valence-electron chi connectivity index (χ3n) is 5.20. The molecule has 174 valence electrons. The molecule has 0 saturated carbocycles. The predicted octanol–water partition coefficient (Wildman–Crippen LogP) is 2.30. The molecule has 0 aliphatic rings. The Kier molecular flexibility index (Phi) is 9.39. The Morgan fingerprint density at radius 1 is 1.25 bits per heavy atom. The SMILES string of the molecule is C=CCCCC(C(=O)NC(C)c1nnc(Cc2ccc(OC)c(OC)c2)[nH]c1=O)C(C)O.